The van der Waals surface area contributed by atoms with Gasteiger partial charge in [-0.05, 0) is 56.2 Å². The number of anilines is 1. The molecule has 0 aliphatic rings. The molecule has 1 heterocycles. The lowest BCUT2D eigenvalue weighted by atomic mass is 10.1. The molecule has 0 bridgehead atoms. The minimum atomic E-state index is 0.00404. The summed E-state index contributed by atoms with van der Waals surface area (Å²) in [7, 11) is 0. The molecular weight excluding hydrogens is 378 g/mol. The van der Waals surface area contributed by atoms with Crippen LogP contribution >= 0.6 is 15.9 Å². The number of aryl methyl sites for hydroxylation is 1. The second-order valence-corrected chi connectivity index (χ2v) is 6.87. The molecule has 5 heteroatoms. The van der Waals surface area contributed by atoms with Gasteiger partial charge in [0.05, 0.1) is 11.4 Å². The number of benzene rings is 2. The maximum absolute atomic E-state index is 12.2. The number of amides is 1. The highest BCUT2D eigenvalue weighted by Gasteiger charge is 2.14. The fourth-order valence-electron chi connectivity index (χ4n) is 2.89. The Bertz CT molecular complexity index is 887. The Balaban J connectivity index is 1.69. The Hall–Kier alpha value is -2.40. The van der Waals surface area contributed by atoms with Crippen molar-refractivity contribution >= 4 is 27.5 Å². The molecule has 1 aromatic heterocycles. The largest absolute Gasteiger partial charge is 0.326 e. The number of hydrogen-bond acceptors (Lipinski definition) is 2. The predicted octanol–water partition coefficient (Wildman–Crippen LogP) is 4.82. The Morgan fingerprint density at radius 1 is 1.12 bits per heavy atom. The third kappa shape index (κ3) is 4.17. The molecule has 3 aromatic rings. The van der Waals surface area contributed by atoms with Crippen molar-refractivity contribution in [2.75, 3.05) is 5.32 Å². The van der Waals surface area contributed by atoms with Crippen molar-refractivity contribution in [2.24, 2.45) is 0 Å². The summed E-state index contributed by atoms with van der Waals surface area (Å²) in [6.07, 6.45) is 1.10. The van der Waals surface area contributed by atoms with Gasteiger partial charge in [0, 0.05) is 22.3 Å². The lowest BCUT2D eigenvalue weighted by Gasteiger charge is -2.07. The van der Waals surface area contributed by atoms with Gasteiger partial charge in [-0.25, -0.2) is 4.68 Å². The van der Waals surface area contributed by atoms with Gasteiger partial charge in [-0.3, -0.25) is 4.79 Å². The van der Waals surface area contributed by atoms with Crippen molar-refractivity contribution < 1.29 is 4.79 Å². The second-order valence-electron chi connectivity index (χ2n) is 5.96. The van der Waals surface area contributed by atoms with E-state index in [0.29, 0.717) is 12.8 Å². The smallest absolute Gasteiger partial charge is 0.224 e. The zero-order valence-electron chi connectivity index (χ0n) is 14.3. The number of para-hydroxylation sites is 1. The molecule has 2 aromatic carbocycles. The number of aromatic nitrogens is 2. The molecule has 0 saturated heterocycles. The third-order valence-corrected chi connectivity index (χ3v) is 4.65. The monoisotopic (exact) mass is 397 g/mol. The van der Waals surface area contributed by atoms with E-state index < -0.39 is 0 Å². The van der Waals surface area contributed by atoms with E-state index in [2.05, 4.69) is 33.3 Å². The summed E-state index contributed by atoms with van der Waals surface area (Å²) in [5, 5.41) is 7.57. The molecule has 0 atom stereocenters. The minimum absolute atomic E-state index is 0.00404. The number of rotatable bonds is 5. The first-order valence-electron chi connectivity index (χ1n) is 8.20. The first-order chi connectivity index (χ1) is 12.0. The summed E-state index contributed by atoms with van der Waals surface area (Å²) >= 11 is 3.41. The summed E-state index contributed by atoms with van der Waals surface area (Å²) in [5.41, 5.74) is 5.02. The van der Waals surface area contributed by atoms with E-state index in [1.807, 2.05) is 66.2 Å². The van der Waals surface area contributed by atoms with Crippen LogP contribution in [0.3, 0.4) is 0 Å². The molecule has 1 amide bonds. The van der Waals surface area contributed by atoms with Crippen LogP contribution in [-0.4, -0.2) is 15.7 Å². The van der Waals surface area contributed by atoms with E-state index in [1.54, 1.807) is 0 Å². The fraction of sp³-hybridized carbons (Fsp3) is 0.200. The van der Waals surface area contributed by atoms with Gasteiger partial charge < -0.3 is 5.32 Å². The standard InChI is InChI=1S/C20H20BrN3O/c1-14-19(15(2)24(23-14)18-9-4-3-5-10-18)11-12-20(25)22-17-8-6-7-16(21)13-17/h3-10,13H,11-12H2,1-2H3,(H,22,25). The van der Waals surface area contributed by atoms with Gasteiger partial charge in [0.25, 0.3) is 0 Å². The highest BCUT2D eigenvalue weighted by atomic mass is 79.9. The summed E-state index contributed by atoms with van der Waals surface area (Å²) in [6, 6.07) is 17.6. The third-order valence-electron chi connectivity index (χ3n) is 4.15. The van der Waals surface area contributed by atoms with Gasteiger partial charge in [-0.2, -0.15) is 5.10 Å². The number of hydrogen-bond donors (Lipinski definition) is 1. The summed E-state index contributed by atoms with van der Waals surface area (Å²) < 4.78 is 2.89. The molecule has 0 spiro atoms. The highest BCUT2D eigenvalue weighted by molar-refractivity contribution is 9.10. The van der Waals surface area contributed by atoms with E-state index in [9.17, 15) is 4.79 Å². The molecule has 25 heavy (non-hydrogen) atoms. The average molecular weight is 398 g/mol. The number of nitrogens with zero attached hydrogens (tertiary/aromatic N) is 2. The molecule has 3 rings (SSSR count). The Labute approximate surface area is 156 Å². The van der Waals surface area contributed by atoms with Gasteiger partial charge in [0.15, 0.2) is 0 Å². The van der Waals surface area contributed by atoms with Gasteiger partial charge >= 0.3 is 0 Å². The maximum Gasteiger partial charge on any atom is 0.224 e. The Kier molecular flexibility index (Phi) is 5.34. The zero-order valence-corrected chi connectivity index (χ0v) is 15.9. The van der Waals surface area contributed by atoms with Crippen molar-refractivity contribution in [3.63, 3.8) is 0 Å². The van der Waals surface area contributed by atoms with E-state index in [0.717, 1.165) is 32.8 Å². The van der Waals surface area contributed by atoms with Crippen LogP contribution in [-0.2, 0) is 11.2 Å². The van der Waals surface area contributed by atoms with E-state index in [1.165, 1.54) is 0 Å². The maximum atomic E-state index is 12.2. The molecule has 0 saturated carbocycles. The topological polar surface area (TPSA) is 46.9 Å². The first kappa shape index (κ1) is 17.4. The molecule has 0 radical (unpaired) electrons. The number of nitrogens with one attached hydrogen (secondary N) is 1. The number of carbonyl (C=O) groups is 1. The normalized spacial score (nSPS) is 10.7. The van der Waals surface area contributed by atoms with Crippen LogP contribution in [0, 0.1) is 13.8 Å². The number of halogens is 1. The van der Waals surface area contributed by atoms with E-state index >= 15 is 0 Å². The van der Waals surface area contributed by atoms with Crippen LogP contribution in [0.5, 0.6) is 0 Å². The number of carbonyl (C=O) groups excluding carboxylic acids is 1. The van der Waals surface area contributed by atoms with Crippen LogP contribution in [0.1, 0.15) is 23.4 Å². The molecule has 0 unspecified atom stereocenters. The molecule has 4 nitrogen and oxygen atoms in total. The van der Waals surface area contributed by atoms with Crippen LogP contribution in [0.15, 0.2) is 59.1 Å². The summed E-state index contributed by atoms with van der Waals surface area (Å²) in [4.78, 5) is 12.2. The van der Waals surface area contributed by atoms with Crippen molar-refractivity contribution in [2.45, 2.75) is 26.7 Å². The lowest BCUT2D eigenvalue weighted by molar-refractivity contribution is -0.116. The molecular formula is C20H20BrN3O. The van der Waals surface area contributed by atoms with Crippen LogP contribution in [0.25, 0.3) is 5.69 Å². The minimum Gasteiger partial charge on any atom is -0.326 e. The lowest BCUT2D eigenvalue weighted by Crippen LogP contribution is -2.12. The van der Waals surface area contributed by atoms with Gasteiger partial charge in [0.1, 0.15) is 0 Å². The fourth-order valence-corrected chi connectivity index (χ4v) is 3.28. The quantitative estimate of drug-likeness (QED) is 0.670. The van der Waals surface area contributed by atoms with Crippen LogP contribution < -0.4 is 5.32 Å². The van der Waals surface area contributed by atoms with Crippen molar-refractivity contribution in [1.82, 2.24) is 9.78 Å². The van der Waals surface area contributed by atoms with Gasteiger partial charge in [-0.1, -0.05) is 40.2 Å². The first-order valence-corrected chi connectivity index (χ1v) is 9.00. The molecule has 0 aliphatic heterocycles. The van der Waals surface area contributed by atoms with Crippen LogP contribution in [0.4, 0.5) is 5.69 Å². The molecule has 128 valence electrons. The summed E-state index contributed by atoms with van der Waals surface area (Å²) in [6.45, 7) is 4.04. The predicted molar refractivity (Wildman–Crippen MR) is 104 cm³/mol. The zero-order chi connectivity index (χ0) is 17.8. The summed E-state index contributed by atoms with van der Waals surface area (Å²) in [5.74, 6) is 0.00404. The molecule has 1 N–H and O–H groups in total. The van der Waals surface area contributed by atoms with E-state index in [4.69, 9.17) is 0 Å². The highest BCUT2D eigenvalue weighted by Crippen LogP contribution is 2.20. The second kappa shape index (κ2) is 7.66. The van der Waals surface area contributed by atoms with E-state index in [-0.39, 0.29) is 5.91 Å². The van der Waals surface area contributed by atoms with Crippen molar-refractivity contribution in [1.29, 1.82) is 0 Å². The van der Waals surface area contributed by atoms with Crippen molar-refractivity contribution in [3.8, 4) is 5.69 Å². The molecule has 0 fully saturated rings. The SMILES string of the molecule is Cc1nn(-c2ccccc2)c(C)c1CCC(=O)Nc1cccc(Br)c1. The van der Waals surface area contributed by atoms with Gasteiger partial charge in [-0.15, -0.1) is 0 Å². The van der Waals surface area contributed by atoms with Crippen LogP contribution in [0.2, 0.25) is 0 Å². The van der Waals surface area contributed by atoms with Gasteiger partial charge in [0.2, 0.25) is 5.91 Å². The Morgan fingerprint density at radius 2 is 1.88 bits per heavy atom. The average Bonchev–Trinajstić information content (AvgIpc) is 2.88. The Morgan fingerprint density at radius 3 is 2.60 bits per heavy atom. The molecule has 0 aliphatic carbocycles. The van der Waals surface area contributed by atoms with Crippen molar-refractivity contribution in [3.05, 3.63) is 76.0 Å².